The Morgan fingerprint density at radius 3 is 2.71 bits per heavy atom. The Kier molecular flexibility index (Phi) is 4.35. The van der Waals surface area contributed by atoms with E-state index in [9.17, 15) is 4.79 Å². The van der Waals surface area contributed by atoms with Gasteiger partial charge in [0.2, 0.25) is 5.91 Å². The fourth-order valence-corrected chi connectivity index (χ4v) is 5.06. The number of likely N-dealkylation sites (tertiary alicyclic amines) is 1. The van der Waals surface area contributed by atoms with Crippen LogP contribution in [-0.2, 0) is 10.3 Å². The largest absolute Gasteiger partial charge is 0.343 e. The predicted octanol–water partition coefficient (Wildman–Crippen LogP) is 4.82. The van der Waals surface area contributed by atoms with Gasteiger partial charge in [-0.3, -0.25) is 4.79 Å². The van der Waals surface area contributed by atoms with Gasteiger partial charge in [0.15, 0.2) is 0 Å². The lowest BCUT2D eigenvalue weighted by Crippen LogP contribution is -2.41. The maximum atomic E-state index is 12.4. The number of rotatable bonds is 4. The average molecular weight is 436 g/mol. The summed E-state index contributed by atoms with van der Waals surface area (Å²) in [6, 6.07) is 17.1. The van der Waals surface area contributed by atoms with Crippen LogP contribution in [0.1, 0.15) is 36.8 Å². The second kappa shape index (κ2) is 6.89. The molecule has 3 aromatic rings. The summed E-state index contributed by atoms with van der Waals surface area (Å²) in [6.07, 6.45) is 7.59. The summed E-state index contributed by atoms with van der Waals surface area (Å²) in [7, 11) is 0. The second-order valence-corrected chi connectivity index (χ2v) is 8.54. The first-order chi connectivity index (χ1) is 13.7. The number of nitrogens with zero attached hydrogens (tertiary/aromatic N) is 3. The normalized spacial score (nSPS) is 20.9. The Morgan fingerprint density at radius 1 is 1.07 bits per heavy atom. The molecular formula is C23H22BrN3O. The molecule has 1 unspecified atom stereocenters. The molecule has 1 amide bonds. The van der Waals surface area contributed by atoms with Crippen LogP contribution in [0.5, 0.6) is 0 Å². The van der Waals surface area contributed by atoms with E-state index >= 15 is 0 Å². The molecule has 2 aliphatic heterocycles. The molecule has 28 heavy (non-hydrogen) atoms. The molecule has 1 atom stereocenters. The van der Waals surface area contributed by atoms with Crippen LogP contribution < -0.4 is 0 Å². The minimum Gasteiger partial charge on any atom is -0.343 e. The van der Waals surface area contributed by atoms with Crippen LogP contribution in [-0.4, -0.2) is 33.4 Å². The van der Waals surface area contributed by atoms with Crippen molar-refractivity contribution in [2.45, 2.75) is 31.2 Å². The number of aromatic nitrogens is 2. The SMILES string of the molecule is O=C1CCCCN1CCC1(c2ccc(Br)cc2)c2ccccc2-c2nccn21. The van der Waals surface area contributed by atoms with Crippen LogP contribution in [0.2, 0.25) is 0 Å². The molecular weight excluding hydrogens is 414 g/mol. The Labute approximate surface area is 173 Å². The highest BCUT2D eigenvalue weighted by molar-refractivity contribution is 9.10. The number of fused-ring (bicyclic) bond motifs is 3. The highest BCUT2D eigenvalue weighted by Crippen LogP contribution is 2.49. The number of carbonyl (C=O) groups excluding carboxylic acids is 1. The minimum atomic E-state index is -0.346. The molecule has 5 rings (SSSR count). The highest BCUT2D eigenvalue weighted by Gasteiger charge is 2.45. The average Bonchev–Trinajstić information content (AvgIpc) is 3.30. The molecule has 1 aromatic heterocycles. The Balaban J connectivity index is 1.64. The first kappa shape index (κ1) is 17.7. The van der Waals surface area contributed by atoms with Gasteiger partial charge in [-0.25, -0.2) is 4.98 Å². The number of carbonyl (C=O) groups is 1. The van der Waals surface area contributed by atoms with E-state index in [1.807, 2.05) is 11.1 Å². The van der Waals surface area contributed by atoms with Crippen molar-refractivity contribution in [2.75, 3.05) is 13.1 Å². The molecule has 0 N–H and O–H groups in total. The van der Waals surface area contributed by atoms with E-state index in [0.29, 0.717) is 6.42 Å². The first-order valence-electron chi connectivity index (χ1n) is 9.88. The Hall–Kier alpha value is -2.40. The molecule has 142 valence electrons. The van der Waals surface area contributed by atoms with Crippen molar-refractivity contribution in [3.8, 4) is 11.4 Å². The summed E-state index contributed by atoms with van der Waals surface area (Å²) in [6.45, 7) is 1.62. The van der Waals surface area contributed by atoms with Gasteiger partial charge in [0.25, 0.3) is 0 Å². The lowest BCUT2D eigenvalue weighted by Gasteiger charge is -2.36. The molecule has 1 saturated heterocycles. The highest BCUT2D eigenvalue weighted by atomic mass is 79.9. The number of amides is 1. The molecule has 5 heteroatoms. The molecule has 0 bridgehead atoms. The van der Waals surface area contributed by atoms with Crippen LogP contribution in [0.25, 0.3) is 11.4 Å². The summed E-state index contributed by atoms with van der Waals surface area (Å²) < 4.78 is 3.37. The summed E-state index contributed by atoms with van der Waals surface area (Å²) in [5, 5.41) is 0. The van der Waals surface area contributed by atoms with Crippen molar-refractivity contribution in [2.24, 2.45) is 0 Å². The number of imidazole rings is 1. The predicted molar refractivity (Wildman–Crippen MR) is 113 cm³/mol. The smallest absolute Gasteiger partial charge is 0.222 e. The summed E-state index contributed by atoms with van der Waals surface area (Å²) in [5.74, 6) is 1.29. The number of benzene rings is 2. The van der Waals surface area contributed by atoms with Crippen LogP contribution in [0.3, 0.4) is 0 Å². The zero-order valence-corrected chi connectivity index (χ0v) is 17.2. The number of halogens is 1. The van der Waals surface area contributed by atoms with Gasteiger partial charge in [-0.2, -0.15) is 0 Å². The number of hydrogen-bond donors (Lipinski definition) is 0. The van der Waals surface area contributed by atoms with Crippen LogP contribution in [0, 0.1) is 0 Å². The van der Waals surface area contributed by atoms with Crippen molar-refractivity contribution in [1.82, 2.24) is 14.5 Å². The number of piperidine rings is 1. The fraction of sp³-hybridized carbons (Fsp3) is 0.304. The molecule has 0 spiro atoms. The zero-order chi connectivity index (χ0) is 19.1. The van der Waals surface area contributed by atoms with Crippen molar-refractivity contribution >= 4 is 21.8 Å². The lowest BCUT2D eigenvalue weighted by atomic mass is 9.80. The van der Waals surface area contributed by atoms with E-state index in [4.69, 9.17) is 0 Å². The lowest BCUT2D eigenvalue weighted by molar-refractivity contribution is -0.133. The number of hydrogen-bond acceptors (Lipinski definition) is 2. The van der Waals surface area contributed by atoms with Gasteiger partial charge in [-0.15, -0.1) is 0 Å². The quantitative estimate of drug-likeness (QED) is 0.588. The summed E-state index contributed by atoms with van der Waals surface area (Å²) in [5.41, 5.74) is 3.33. The van der Waals surface area contributed by atoms with Crippen LogP contribution in [0.4, 0.5) is 0 Å². The molecule has 0 aliphatic carbocycles. The first-order valence-corrected chi connectivity index (χ1v) is 10.7. The molecule has 4 nitrogen and oxygen atoms in total. The molecule has 0 saturated carbocycles. The van der Waals surface area contributed by atoms with Gasteiger partial charge >= 0.3 is 0 Å². The summed E-state index contributed by atoms with van der Waals surface area (Å²) in [4.78, 5) is 19.1. The third kappa shape index (κ3) is 2.64. The van der Waals surface area contributed by atoms with Crippen molar-refractivity contribution in [3.63, 3.8) is 0 Å². The van der Waals surface area contributed by atoms with Crippen LogP contribution >= 0.6 is 15.9 Å². The standard InChI is InChI=1S/C23H22BrN3O/c24-18-10-8-17(9-11-18)23(12-15-26-14-4-3-7-21(26)28)20-6-2-1-5-19(20)22-25-13-16-27(22)23/h1-2,5-6,8-11,13,16H,3-4,7,12,14-15H2. The van der Waals surface area contributed by atoms with Crippen LogP contribution in [0.15, 0.2) is 65.4 Å². The molecule has 3 heterocycles. The maximum Gasteiger partial charge on any atom is 0.222 e. The van der Waals surface area contributed by atoms with E-state index in [2.05, 4.69) is 80.2 Å². The van der Waals surface area contributed by atoms with Gasteiger partial charge in [0.05, 0.1) is 5.54 Å². The Bertz CT molecular complexity index is 1030. The zero-order valence-electron chi connectivity index (χ0n) is 15.6. The topological polar surface area (TPSA) is 38.1 Å². The van der Waals surface area contributed by atoms with E-state index in [1.165, 1.54) is 16.7 Å². The van der Waals surface area contributed by atoms with Crippen molar-refractivity contribution in [3.05, 3.63) is 76.5 Å². The van der Waals surface area contributed by atoms with E-state index in [-0.39, 0.29) is 11.4 Å². The monoisotopic (exact) mass is 435 g/mol. The Morgan fingerprint density at radius 2 is 1.89 bits per heavy atom. The minimum absolute atomic E-state index is 0.286. The van der Waals surface area contributed by atoms with Gasteiger partial charge in [-0.1, -0.05) is 52.3 Å². The van der Waals surface area contributed by atoms with E-state index in [1.54, 1.807) is 0 Å². The molecule has 2 aliphatic rings. The fourth-order valence-electron chi connectivity index (χ4n) is 4.79. The maximum absolute atomic E-state index is 12.4. The van der Waals surface area contributed by atoms with Crippen molar-refractivity contribution in [1.29, 1.82) is 0 Å². The second-order valence-electron chi connectivity index (χ2n) is 7.62. The van der Waals surface area contributed by atoms with E-state index in [0.717, 1.165) is 42.6 Å². The molecule has 2 aromatic carbocycles. The van der Waals surface area contributed by atoms with Gasteiger partial charge in [0.1, 0.15) is 5.82 Å². The third-order valence-corrected chi connectivity index (χ3v) is 6.68. The van der Waals surface area contributed by atoms with Gasteiger partial charge in [0, 0.05) is 41.9 Å². The van der Waals surface area contributed by atoms with E-state index < -0.39 is 0 Å². The van der Waals surface area contributed by atoms with Crippen molar-refractivity contribution < 1.29 is 4.79 Å². The summed E-state index contributed by atoms with van der Waals surface area (Å²) >= 11 is 3.56. The molecule has 0 radical (unpaired) electrons. The van der Waals surface area contributed by atoms with Gasteiger partial charge in [-0.05, 0) is 42.5 Å². The molecule has 1 fully saturated rings. The third-order valence-electron chi connectivity index (χ3n) is 6.15. The van der Waals surface area contributed by atoms with Gasteiger partial charge < -0.3 is 9.47 Å².